The first-order valence-corrected chi connectivity index (χ1v) is 10.1. The third-order valence-electron chi connectivity index (χ3n) is 4.71. The fraction of sp³-hybridized carbons (Fsp3) is 0.455. The van der Waals surface area contributed by atoms with Crippen molar-refractivity contribution in [2.45, 2.75) is 52.9 Å². The predicted octanol–water partition coefficient (Wildman–Crippen LogP) is 4.57. The van der Waals surface area contributed by atoms with Crippen LogP contribution < -0.4 is 15.0 Å². The Morgan fingerprint density at radius 1 is 1.31 bits per heavy atom. The molecule has 0 aromatic carbocycles. The number of hydrogen-bond acceptors (Lipinski definition) is 6. The highest BCUT2D eigenvalue weighted by Gasteiger charge is 2.31. The average molecular weight is 447 g/mol. The van der Waals surface area contributed by atoms with Gasteiger partial charge in [0, 0.05) is 13.0 Å². The number of halogens is 3. The zero-order valence-corrected chi connectivity index (χ0v) is 18.1. The fourth-order valence-electron chi connectivity index (χ4n) is 3.45. The Hall–Kier alpha value is -3.35. The number of amides is 1. The van der Waals surface area contributed by atoms with E-state index >= 15 is 0 Å². The number of alkyl halides is 3. The summed E-state index contributed by atoms with van der Waals surface area (Å²) in [6.07, 6.45) is -1.96. The molecule has 0 spiro atoms. The molecular weight excluding hydrogens is 423 g/mol. The second kappa shape index (κ2) is 9.02. The molecule has 0 saturated heterocycles. The Morgan fingerprint density at radius 3 is 2.66 bits per heavy atom. The van der Waals surface area contributed by atoms with Crippen LogP contribution in [0.15, 0.2) is 24.4 Å². The number of pyridine rings is 2. The van der Waals surface area contributed by atoms with Crippen LogP contribution in [0.4, 0.5) is 24.7 Å². The summed E-state index contributed by atoms with van der Waals surface area (Å²) >= 11 is 0. The molecule has 7 nitrogen and oxygen atoms in total. The third-order valence-corrected chi connectivity index (χ3v) is 4.71. The van der Waals surface area contributed by atoms with Crippen LogP contribution in [-0.4, -0.2) is 28.8 Å². The third kappa shape index (κ3) is 6.33. The van der Waals surface area contributed by atoms with Crippen LogP contribution in [0, 0.1) is 16.7 Å². The minimum Gasteiger partial charge on any atom is -0.404 e. The van der Waals surface area contributed by atoms with Gasteiger partial charge in [-0.3, -0.25) is 9.78 Å². The van der Waals surface area contributed by atoms with Gasteiger partial charge in [-0.15, -0.1) is 13.2 Å². The lowest BCUT2D eigenvalue weighted by Crippen LogP contribution is -2.30. The topological polar surface area (TPSA) is 91.1 Å². The number of nitrogens with one attached hydrogen (secondary N) is 1. The van der Waals surface area contributed by atoms with Gasteiger partial charge in [0.05, 0.1) is 35.4 Å². The van der Waals surface area contributed by atoms with Crippen LogP contribution in [0.5, 0.6) is 5.75 Å². The highest BCUT2D eigenvalue weighted by molar-refractivity contribution is 5.91. The van der Waals surface area contributed by atoms with Crippen molar-refractivity contribution in [3.63, 3.8) is 0 Å². The SMILES string of the molecule is CC(C)(C)CC(=O)Nc1nc2c(cc1C#N)N(Cc1ccc(OC(F)(F)F)cn1)CCC2. The molecule has 1 aliphatic rings. The summed E-state index contributed by atoms with van der Waals surface area (Å²) in [6.45, 7) is 6.86. The van der Waals surface area contributed by atoms with Crippen LogP contribution >= 0.6 is 0 Å². The molecule has 170 valence electrons. The quantitative estimate of drug-likeness (QED) is 0.722. The van der Waals surface area contributed by atoms with Gasteiger partial charge in [-0.2, -0.15) is 5.26 Å². The second-order valence-corrected chi connectivity index (χ2v) is 8.81. The smallest absolute Gasteiger partial charge is 0.404 e. The largest absolute Gasteiger partial charge is 0.573 e. The molecule has 0 unspecified atom stereocenters. The van der Waals surface area contributed by atoms with Crippen molar-refractivity contribution in [3.8, 4) is 11.8 Å². The normalized spacial score (nSPS) is 13.8. The molecule has 0 radical (unpaired) electrons. The van der Waals surface area contributed by atoms with Gasteiger partial charge in [0.25, 0.3) is 0 Å². The van der Waals surface area contributed by atoms with Crippen LogP contribution in [0.2, 0.25) is 0 Å². The molecule has 2 aromatic rings. The van der Waals surface area contributed by atoms with E-state index in [4.69, 9.17) is 0 Å². The number of nitriles is 1. The lowest BCUT2D eigenvalue weighted by molar-refractivity contribution is -0.274. The van der Waals surface area contributed by atoms with Crippen molar-refractivity contribution < 1.29 is 22.7 Å². The Morgan fingerprint density at radius 2 is 2.06 bits per heavy atom. The number of anilines is 2. The van der Waals surface area contributed by atoms with Crippen molar-refractivity contribution >= 4 is 17.4 Å². The summed E-state index contributed by atoms with van der Waals surface area (Å²) in [5.41, 5.74) is 2.10. The molecule has 0 fully saturated rings. The molecule has 3 rings (SSSR count). The molecule has 3 heterocycles. The monoisotopic (exact) mass is 447 g/mol. The van der Waals surface area contributed by atoms with Crippen molar-refractivity contribution in [1.29, 1.82) is 5.26 Å². The molecule has 10 heteroatoms. The highest BCUT2D eigenvalue weighted by Crippen LogP contribution is 2.31. The zero-order chi connectivity index (χ0) is 23.5. The lowest BCUT2D eigenvalue weighted by Gasteiger charge is -2.31. The average Bonchev–Trinajstić information content (AvgIpc) is 2.66. The predicted molar refractivity (Wildman–Crippen MR) is 112 cm³/mol. The van der Waals surface area contributed by atoms with E-state index in [1.54, 1.807) is 6.07 Å². The maximum absolute atomic E-state index is 12.3. The maximum Gasteiger partial charge on any atom is 0.573 e. The van der Waals surface area contributed by atoms with Gasteiger partial charge < -0.3 is 15.0 Å². The van der Waals surface area contributed by atoms with E-state index in [1.165, 1.54) is 12.1 Å². The Bertz CT molecular complexity index is 1020. The van der Waals surface area contributed by atoms with E-state index < -0.39 is 6.36 Å². The van der Waals surface area contributed by atoms with Crippen LogP contribution in [0.3, 0.4) is 0 Å². The molecule has 0 atom stereocenters. The van der Waals surface area contributed by atoms with Gasteiger partial charge in [0.2, 0.25) is 5.91 Å². The van der Waals surface area contributed by atoms with Crippen molar-refractivity contribution in [3.05, 3.63) is 41.3 Å². The van der Waals surface area contributed by atoms with Crippen molar-refractivity contribution in [1.82, 2.24) is 9.97 Å². The zero-order valence-electron chi connectivity index (χ0n) is 18.1. The Labute approximate surface area is 184 Å². The number of aryl methyl sites for hydroxylation is 1. The number of ether oxygens (including phenoxy) is 1. The molecule has 32 heavy (non-hydrogen) atoms. The van der Waals surface area contributed by atoms with Crippen LogP contribution in [0.25, 0.3) is 0 Å². The summed E-state index contributed by atoms with van der Waals surface area (Å²) < 4.78 is 40.8. The first kappa shape index (κ1) is 23.3. The van der Waals surface area contributed by atoms with E-state index in [0.717, 1.165) is 24.0 Å². The number of rotatable bonds is 5. The standard InChI is InChI=1S/C22H24F3N5O2/c1-21(2,3)10-19(31)29-20-14(11-26)9-18-17(28-20)5-4-8-30(18)13-15-6-7-16(12-27-15)32-22(23,24)25/h6-7,9,12H,4-5,8,10,13H2,1-3H3,(H,28,29,31). The molecule has 1 aliphatic heterocycles. The van der Waals surface area contributed by atoms with E-state index in [9.17, 15) is 23.2 Å². The van der Waals surface area contributed by atoms with E-state index in [-0.39, 0.29) is 28.5 Å². The number of carbonyl (C=O) groups is 1. The molecule has 0 aliphatic carbocycles. The molecular formula is C22H24F3N5O2. The summed E-state index contributed by atoms with van der Waals surface area (Å²) in [7, 11) is 0. The van der Waals surface area contributed by atoms with Crippen LogP contribution in [0.1, 0.15) is 50.6 Å². The van der Waals surface area contributed by atoms with Gasteiger partial charge in [-0.05, 0) is 36.5 Å². The molecule has 0 saturated carbocycles. The minimum absolute atomic E-state index is 0.199. The molecule has 1 amide bonds. The highest BCUT2D eigenvalue weighted by atomic mass is 19.4. The summed E-state index contributed by atoms with van der Waals surface area (Å²) in [6, 6.07) is 6.46. The Kier molecular flexibility index (Phi) is 6.57. The van der Waals surface area contributed by atoms with E-state index in [2.05, 4.69) is 26.1 Å². The summed E-state index contributed by atoms with van der Waals surface area (Å²) in [5.74, 6) is -0.349. The first-order valence-electron chi connectivity index (χ1n) is 10.1. The number of fused-ring (bicyclic) bond motifs is 1. The van der Waals surface area contributed by atoms with Gasteiger partial charge in [-0.25, -0.2) is 4.98 Å². The van der Waals surface area contributed by atoms with Gasteiger partial charge in [0.15, 0.2) is 5.82 Å². The van der Waals surface area contributed by atoms with Crippen LogP contribution in [-0.2, 0) is 17.8 Å². The molecule has 0 bridgehead atoms. The Balaban J connectivity index is 1.79. The maximum atomic E-state index is 12.3. The van der Waals surface area contributed by atoms with Crippen molar-refractivity contribution in [2.75, 3.05) is 16.8 Å². The first-order chi connectivity index (χ1) is 14.9. The fourth-order valence-corrected chi connectivity index (χ4v) is 3.45. The number of hydrogen-bond donors (Lipinski definition) is 1. The summed E-state index contributed by atoms with van der Waals surface area (Å²) in [5, 5.41) is 12.3. The number of nitrogens with zero attached hydrogens (tertiary/aromatic N) is 4. The molecule has 1 N–H and O–H groups in total. The lowest BCUT2D eigenvalue weighted by atomic mass is 9.92. The number of aromatic nitrogens is 2. The minimum atomic E-state index is -4.77. The number of carbonyl (C=O) groups excluding carboxylic acids is 1. The molecule has 2 aromatic heterocycles. The van der Waals surface area contributed by atoms with E-state index in [0.29, 0.717) is 31.6 Å². The van der Waals surface area contributed by atoms with Gasteiger partial charge in [-0.1, -0.05) is 20.8 Å². The van der Waals surface area contributed by atoms with Gasteiger partial charge in [0.1, 0.15) is 11.8 Å². The van der Waals surface area contributed by atoms with E-state index in [1.807, 2.05) is 25.7 Å². The second-order valence-electron chi connectivity index (χ2n) is 8.81. The van der Waals surface area contributed by atoms with Gasteiger partial charge >= 0.3 is 6.36 Å². The van der Waals surface area contributed by atoms with Crippen molar-refractivity contribution in [2.24, 2.45) is 5.41 Å². The summed E-state index contributed by atoms with van der Waals surface area (Å²) in [4.78, 5) is 22.9.